The van der Waals surface area contributed by atoms with Crippen LogP contribution in [0.25, 0.3) is 0 Å². The Morgan fingerprint density at radius 2 is 2.00 bits per heavy atom. The average Bonchev–Trinajstić information content (AvgIpc) is 3.02. The van der Waals surface area contributed by atoms with Crippen LogP contribution in [0.1, 0.15) is 59.8 Å². The van der Waals surface area contributed by atoms with Gasteiger partial charge in [0.05, 0.1) is 28.7 Å². The van der Waals surface area contributed by atoms with Crippen molar-refractivity contribution < 1.29 is 27.2 Å². The van der Waals surface area contributed by atoms with Gasteiger partial charge in [0.15, 0.2) is 10.8 Å². The molecule has 1 saturated heterocycles. The van der Waals surface area contributed by atoms with Crippen molar-refractivity contribution in [2.75, 3.05) is 16.8 Å². The molecule has 1 saturated carbocycles. The number of alkyl halides is 3. The van der Waals surface area contributed by atoms with E-state index in [2.05, 4.69) is 10.3 Å². The number of halogens is 4. The van der Waals surface area contributed by atoms with E-state index in [0.29, 0.717) is 36.6 Å². The fourth-order valence-corrected chi connectivity index (χ4v) is 6.31. The van der Waals surface area contributed by atoms with Gasteiger partial charge in [-0.25, -0.2) is 9.37 Å². The van der Waals surface area contributed by atoms with Crippen LogP contribution in [0.3, 0.4) is 0 Å². The van der Waals surface area contributed by atoms with Gasteiger partial charge in [-0.1, -0.05) is 6.92 Å². The van der Waals surface area contributed by atoms with Gasteiger partial charge in [-0.05, 0) is 67.1 Å². The summed E-state index contributed by atoms with van der Waals surface area (Å²) in [5, 5.41) is 11.4. The standard InChI is InChI=1S/C24H19F4N5O2S/c1-22-4-3-5-23(11-22)20(35)32(12-6-14(24(26,27)28)17(9-29)31-10-12)21(36)33(23)18-8-16(25)13(7-15(18)22)19(34)30-2/h6-8,10H,3-5,11H2,1-2H3,(H,30,34)/t22?,23-/m1/s1. The number of carbonyl (C=O) groups is 2. The van der Waals surface area contributed by atoms with Gasteiger partial charge in [-0.15, -0.1) is 0 Å². The van der Waals surface area contributed by atoms with Crippen LogP contribution in [0.2, 0.25) is 0 Å². The van der Waals surface area contributed by atoms with Gasteiger partial charge in [-0.2, -0.15) is 18.4 Å². The number of aromatic nitrogens is 1. The van der Waals surface area contributed by atoms with Crippen molar-refractivity contribution in [3.05, 3.63) is 52.6 Å². The number of carbonyl (C=O) groups excluding carboxylic acids is 2. The van der Waals surface area contributed by atoms with E-state index in [0.717, 1.165) is 11.1 Å². The lowest BCUT2D eigenvalue weighted by atomic mass is 9.60. The summed E-state index contributed by atoms with van der Waals surface area (Å²) in [5.41, 5.74) is -3.33. The number of nitriles is 1. The van der Waals surface area contributed by atoms with Gasteiger partial charge in [0.1, 0.15) is 17.4 Å². The van der Waals surface area contributed by atoms with Crippen LogP contribution >= 0.6 is 12.2 Å². The number of rotatable bonds is 2. The summed E-state index contributed by atoms with van der Waals surface area (Å²) in [6.45, 7) is 1.93. The van der Waals surface area contributed by atoms with E-state index in [1.165, 1.54) is 30.1 Å². The van der Waals surface area contributed by atoms with Crippen LogP contribution in [0.15, 0.2) is 24.4 Å². The Kier molecular flexibility index (Phi) is 5.16. The van der Waals surface area contributed by atoms with Crippen LogP contribution in [0, 0.1) is 17.1 Å². The topological polar surface area (TPSA) is 89.3 Å². The summed E-state index contributed by atoms with van der Waals surface area (Å²) < 4.78 is 55.9. The zero-order chi connectivity index (χ0) is 26.2. The van der Waals surface area contributed by atoms with Crippen molar-refractivity contribution in [2.24, 2.45) is 0 Å². The van der Waals surface area contributed by atoms with Gasteiger partial charge in [0.25, 0.3) is 11.8 Å². The fraction of sp³-hybridized carbons (Fsp3) is 0.375. The zero-order valence-corrected chi connectivity index (χ0v) is 20.0. The number of anilines is 2. The molecule has 2 fully saturated rings. The first-order chi connectivity index (χ1) is 16.9. The molecule has 2 amide bonds. The number of hydrogen-bond donors (Lipinski definition) is 1. The maximum absolute atomic E-state index is 15.1. The molecule has 1 unspecified atom stereocenters. The van der Waals surface area contributed by atoms with Gasteiger partial charge >= 0.3 is 6.18 Å². The molecule has 2 bridgehead atoms. The van der Waals surface area contributed by atoms with E-state index in [1.807, 2.05) is 6.92 Å². The molecule has 12 heteroatoms. The third-order valence-corrected chi connectivity index (χ3v) is 7.77. The van der Waals surface area contributed by atoms with Gasteiger partial charge in [0.2, 0.25) is 0 Å². The van der Waals surface area contributed by atoms with E-state index in [-0.39, 0.29) is 22.8 Å². The summed E-state index contributed by atoms with van der Waals surface area (Å²) >= 11 is 5.61. The molecule has 2 aliphatic heterocycles. The Labute approximate surface area is 208 Å². The minimum absolute atomic E-state index is 0.114. The number of hydrogen-bond acceptors (Lipinski definition) is 5. The molecule has 2 aromatic rings. The van der Waals surface area contributed by atoms with Gasteiger partial charge < -0.3 is 10.2 Å². The van der Waals surface area contributed by atoms with Crippen molar-refractivity contribution >= 4 is 40.5 Å². The normalized spacial score (nSPS) is 24.8. The van der Waals surface area contributed by atoms with Gasteiger partial charge in [0, 0.05) is 7.05 Å². The van der Waals surface area contributed by atoms with Crippen LogP contribution in [0.4, 0.5) is 28.9 Å². The number of thiocarbonyl (C=S) groups is 1. The Bertz CT molecular complexity index is 1400. The molecule has 3 heterocycles. The van der Waals surface area contributed by atoms with Crippen molar-refractivity contribution in [1.82, 2.24) is 10.3 Å². The molecule has 1 aliphatic carbocycles. The highest BCUT2D eigenvalue weighted by molar-refractivity contribution is 7.81. The summed E-state index contributed by atoms with van der Waals surface area (Å²) in [5.74, 6) is -1.93. The minimum atomic E-state index is -4.88. The van der Waals surface area contributed by atoms with Crippen LogP contribution in [0.5, 0.6) is 0 Å². The monoisotopic (exact) mass is 517 g/mol. The van der Waals surface area contributed by atoms with Crippen molar-refractivity contribution in [1.29, 1.82) is 5.26 Å². The molecule has 7 nitrogen and oxygen atoms in total. The van der Waals surface area contributed by atoms with E-state index >= 15 is 4.39 Å². The first-order valence-electron chi connectivity index (χ1n) is 11.1. The summed E-state index contributed by atoms with van der Waals surface area (Å²) in [6, 6.07) is 4.74. The number of benzene rings is 1. The number of nitrogens with one attached hydrogen (secondary N) is 1. The molecule has 3 aliphatic rings. The first kappa shape index (κ1) is 24.1. The van der Waals surface area contributed by atoms with Crippen LogP contribution < -0.4 is 15.1 Å². The predicted octanol–water partition coefficient (Wildman–Crippen LogP) is 4.19. The second-order valence-corrected chi connectivity index (χ2v) is 9.87. The maximum Gasteiger partial charge on any atom is 0.419 e. The molecular formula is C24H19F4N5O2S. The number of fused-ring (bicyclic) bond motifs is 4. The third-order valence-electron chi connectivity index (χ3n) is 7.40. The lowest BCUT2D eigenvalue weighted by molar-refractivity contribution is -0.138. The highest BCUT2D eigenvalue weighted by Crippen LogP contribution is 2.58. The molecule has 1 N–H and O–H groups in total. The summed E-state index contributed by atoms with van der Waals surface area (Å²) in [4.78, 5) is 32.3. The SMILES string of the molecule is CNC(=O)c1cc2c(cc1F)N1C(=S)N(c3cnc(C#N)c(C(F)(F)F)c3)C(=O)[C@]13CCCC2(C)C3. The molecular weight excluding hydrogens is 498 g/mol. The highest BCUT2D eigenvalue weighted by atomic mass is 32.1. The van der Waals surface area contributed by atoms with Gasteiger partial charge in [-0.3, -0.25) is 14.5 Å². The molecule has 186 valence electrons. The lowest BCUT2D eigenvalue weighted by Gasteiger charge is -2.53. The molecule has 5 rings (SSSR count). The van der Waals surface area contributed by atoms with E-state index < -0.39 is 46.0 Å². The third kappa shape index (κ3) is 3.15. The van der Waals surface area contributed by atoms with Crippen LogP contribution in [-0.4, -0.2) is 34.5 Å². The number of nitrogens with zero attached hydrogens (tertiary/aromatic N) is 4. The molecule has 2 atom stereocenters. The van der Waals surface area contributed by atoms with E-state index in [4.69, 9.17) is 17.5 Å². The van der Waals surface area contributed by atoms with Crippen LogP contribution in [-0.2, 0) is 16.4 Å². The maximum atomic E-state index is 15.1. The first-order valence-corrected chi connectivity index (χ1v) is 11.5. The summed E-state index contributed by atoms with van der Waals surface area (Å²) in [6.07, 6.45) is -1.93. The van der Waals surface area contributed by atoms with Crippen molar-refractivity contribution in [3.63, 3.8) is 0 Å². The predicted molar refractivity (Wildman–Crippen MR) is 125 cm³/mol. The van der Waals surface area contributed by atoms with Crippen molar-refractivity contribution in [2.45, 2.75) is 49.7 Å². The lowest BCUT2D eigenvalue weighted by Crippen LogP contribution is -2.59. The molecule has 1 aromatic carbocycles. The average molecular weight is 518 g/mol. The molecule has 36 heavy (non-hydrogen) atoms. The molecule has 1 aromatic heterocycles. The zero-order valence-electron chi connectivity index (χ0n) is 19.2. The smallest absolute Gasteiger partial charge is 0.355 e. The fourth-order valence-electron chi connectivity index (χ4n) is 5.85. The second kappa shape index (κ2) is 7.70. The van der Waals surface area contributed by atoms with Crippen molar-refractivity contribution in [3.8, 4) is 6.07 Å². The van der Waals surface area contributed by atoms with E-state index in [1.54, 1.807) is 0 Å². The Hall–Kier alpha value is -3.59. The Morgan fingerprint density at radius 1 is 1.28 bits per heavy atom. The largest absolute Gasteiger partial charge is 0.419 e. The summed E-state index contributed by atoms with van der Waals surface area (Å²) in [7, 11) is 1.39. The number of amides is 2. The second-order valence-electron chi connectivity index (χ2n) is 9.51. The number of pyridine rings is 1. The highest BCUT2D eigenvalue weighted by Gasteiger charge is 2.64. The minimum Gasteiger partial charge on any atom is -0.355 e. The van der Waals surface area contributed by atoms with E-state index in [9.17, 15) is 22.8 Å². The Morgan fingerprint density at radius 3 is 2.64 bits per heavy atom. The Balaban J connectivity index is 1.70. The molecule has 1 spiro atoms. The quantitative estimate of drug-likeness (QED) is 0.475. The molecule has 0 radical (unpaired) electrons.